The maximum absolute atomic E-state index is 11.4. The smallest absolute Gasteiger partial charge is 0.335 e. The molecule has 2 aromatic rings. The number of benzene rings is 2. The van der Waals surface area contributed by atoms with Crippen LogP contribution in [0.1, 0.15) is 18.9 Å². The van der Waals surface area contributed by atoms with Crippen molar-refractivity contribution in [2.45, 2.75) is 31.9 Å². The lowest BCUT2D eigenvalue weighted by atomic mass is 9.98. The summed E-state index contributed by atoms with van der Waals surface area (Å²) in [7, 11) is 0. The van der Waals surface area contributed by atoms with Crippen molar-refractivity contribution in [3.05, 3.63) is 60.2 Å². The zero-order valence-corrected chi connectivity index (χ0v) is 13.3. The molecule has 0 aliphatic heterocycles. The molecule has 4 heteroatoms. The van der Waals surface area contributed by atoms with Crippen molar-refractivity contribution in [3.8, 4) is 11.1 Å². The molecule has 0 aromatic heterocycles. The van der Waals surface area contributed by atoms with Gasteiger partial charge in [-0.05, 0) is 36.5 Å². The molecule has 0 saturated heterocycles. The van der Waals surface area contributed by atoms with Gasteiger partial charge in [-0.25, -0.2) is 4.79 Å². The van der Waals surface area contributed by atoms with Crippen LogP contribution in [-0.2, 0) is 16.0 Å². The minimum atomic E-state index is -1.16. The van der Waals surface area contributed by atoms with Crippen LogP contribution in [0, 0.1) is 0 Å². The lowest BCUT2D eigenvalue weighted by Crippen LogP contribution is -2.33. The van der Waals surface area contributed by atoms with Crippen LogP contribution in [0.3, 0.4) is 0 Å². The maximum Gasteiger partial charge on any atom is 0.335 e. The standard InChI is InChI=1S/C19H23NO3/c1-2-23-19(22)18(21)13-17(20)12-14-8-10-16(11-9-14)15-6-4-3-5-7-15/h3-11,17-18,21H,2,12-13,20H2,1H3/t17-,18-/m1/s1. The van der Waals surface area contributed by atoms with Crippen molar-refractivity contribution in [2.75, 3.05) is 6.61 Å². The third-order valence-electron chi connectivity index (χ3n) is 3.64. The molecule has 0 fully saturated rings. The lowest BCUT2D eigenvalue weighted by Gasteiger charge is -2.15. The van der Waals surface area contributed by atoms with Crippen LogP contribution in [0.15, 0.2) is 54.6 Å². The van der Waals surface area contributed by atoms with Crippen molar-refractivity contribution >= 4 is 5.97 Å². The highest BCUT2D eigenvalue weighted by Gasteiger charge is 2.19. The Balaban J connectivity index is 1.92. The highest BCUT2D eigenvalue weighted by atomic mass is 16.5. The molecule has 2 atom stereocenters. The molecule has 0 radical (unpaired) electrons. The summed E-state index contributed by atoms with van der Waals surface area (Å²) in [5, 5.41) is 9.74. The summed E-state index contributed by atoms with van der Waals surface area (Å²) in [6.45, 7) is 1.96. The molecule has 0 aliphatic carbocycles. The third kappa shape index (κ3) is 5.20. The van der Waals surface area contributed by atoms with E-state index in [2.05, 4.69) is 24.3 Å². The van der Waals surface area contributed by atoms with E-state index < -0.39 is 12.1 Å². The van der Waals surface area contributed by atoms with E-state index in [1.165, 1.54) is 5.56 Å². The SMILES string of the molecule is CCOC(=O)[C@H](O)C[C@H](N)Cc1ccc(-c2ccccc2)cc1. The van der Waals surface area contributed by atoms with E-state index in [0.29, 0.717) is 6.42 Å². The van der Waals surface area contributed by atoms with Crippen molar-refractivity contribution in [1.29, 1.82) is 0 Å². The third-order valence-corrected chi connectivity index (χ3v) is 3.64. The van der Waals surface area contributed by atoms with Crippen LogP contribution < -0.4 is 5.73 Å². The normalized spacial score (nSPS) is 13.3. The fraction of sp³-hybridized carbons (Fsp3) is 0.316. The molecule has 4 nitrogen and oxygen atoms in total. The van der Waals surface area contributed by atoms with Crippen molar-refractivity contribution in [1.82, 2.24) is 0 Å². The Bertz CT molecular complexity index is 610. The van der Waals surface area contributed by atoms with E-state index >= 15 is 0 Å². The molecule has 0 aliphatic rings. The van der Waals surface area contributed by atoms with Gasteiger partial charge in [0.15, 0.2) is 6.10 Å². The number of hydrogen-bond donors (Lipinski definition) is 2. The summed E-state index contributed by atoms with van der Waals surface area (Å²) in [6.07, 6.45) is -0.362. The van der Waals surface area contributed by atoms with Gasteiger partial charge >= 0.3 is 5.97 Å². The Morgan fingerprint density at radius 1 is 1.09 bits per heavy atom. The number of rotatable bonds is 7. The minimum absolute atomic E-state index is 0.194. The summed E-state index contributed by atoms with van der Waals surface area (Å²) in [4.78, 5) is 11.4. The summed E-state index contributed by atoms with van der Waals surface area (Å²) in [6, 6.07) is 18.0. The number of aliphatic hydroxyl groups is 1. The highest BCUT2D eigenvalue weighted by molar-refractivity contribution is 5.74. The molecule has 0 unspecified atom stereocenters. The van der Waals surface area contributed by atoms with Gasteiger partial charge in [0, 0.05) is 6.04 Å². The number of hydrogen-bond acceptors (Lipinski definition) is 4. The molecule has 0 heterocycles. The Hall–Kier alpha value is -2.17. The zero-order valence-electron chi connectivity index (χ0n) is 13.3. The number of carbonyl (C=O) groups excluding carboxylic acids is 1. The highest BCUT2D eigenvalue weighted by Crippen LogP contribution is 2.20. The zero-order chi connectivity index (χ0) is 16.7. The van der Waals surface area contributed by atoms with E-state index in [4.69, 9.17) is 10.5 Å². The number of aliphatic hydroxyl groups excluding tert-OH is 1. The molecule has 0 saturated carbocycles. The van der Waals surface area contributed by atoms with Gasteiger partial charge < -0.3 is 15.6 Å². The molecule has 3 N–H and O–H groups in total. The second-order valence-corrected chi connectivity index (χ2v) is 5.53. The first kappa shape index (κ1) is 17.2. The molecule has 23 heavy (non-hydrogen) atoms. The predicted octanol–water partition coefficient (Wildman–Crippen LogP) is 2.54. The lowest BCUT2D eigenvalue weighted by molar-refractivity contribution is -0.153. The maximum atomic E-state index is 11.4. The molecular formula is C19H23NO3. The first-order chi connectivity index (χ1) is 11.1. The minimum Gasteiger partial charge on any atom is -0.464 e. The van der Waals surface area contributed by atoms with Gasteiger partial charge in [0.1, 0.15) is 0 Å². The van der Waals surface area contributed by atoms with E-state index in [1.54, 1.807) is 6.92 Å². The van der Waals surface area contributed by atoms with E-state index in [1.807, 2.05) is 30.3 Å². The summed E-state index contributed by atoms with van der Waals surface area (Å²) in [5.74, 6) is -0.609. The van der Waals surface area contributed by atoms with E-state index in [9.17, 15) is 9.90 Å². The molecule has 0 spiro atoms. The Labute approximate surface area is 136 Å². The molecule has 0 amide bonds. The van der Waals surface area contributed by atoms with Gasteiger partial charge in [0.05, 0.1) is 6.61 Å². The van der Waals surface area contributed by atoms with Crippen LogP contribution in [0.2, 0.25) is 0 Å². The number of ether oxygens (including phenoxy) is 1. The number of carbonyl (C=O) groups is 1. The summed E-state index contributed by atoms with van der Waals surface area (Å²) >= 11 is 0. The van der Waals surface area contributed by atoms with E-state index in [0.717, 1.165) is 11.1 Å². The Morgan fingerprint density at radius 3 is 2.30 bits per heavy atom. The first-order valence-corrected chi connectivity index (χ1v) is 7.84. The topological polar surface area (TPSA) is 72.5 Å². The van der Waals surface area contributed by atoms with Crippen LogP contribution in [0.25, 0.3) is 11.1 Å². The quantitative estimate of drug-likeness (QED) is 0.771. The monoisotopic (exact) mass is 313 g/mol. The summed E-state index contributed by atoms with van der Waals surface area (Å²) in [5.41, 5.74) is 9.41. The van der Waals surface area contributed by atoms with E-state index in [-0.39, 0.29) is 19.1 Å². The molecular weight excluding hydrogens is 290 g/mol. The largest absolute Gasteiger partial charge is 0.464 e. The van der Waals surface area contributed by atoms with Gasteiger partial charge in [-0.15, -0.1) is 0 Å². The second-order valence-electron chi connectivity index (χ2n) is 5.53. The van der Waals surface area contributed by atoms with Gasteiger partial charge in [-0.2, -0.15) is 0 Å². The Kier molecular flexibility index (Phi) is 6.32. The van der Waals surface area contributed by atoms with Crippen molar-refractivity contribution < 1.29 is 14.6 Å². The van der Waals surface area contributed by atoms with Crippen molar-refractivity contribution in [3.63, 3.8) is 0 Å². The number of nitrogens with two attached hydrogens (primary N) is 1. The van der Waals surface area contributed by atoms with Crippen LogP contribution in [-0.4, -0.2) is 29.8 Å². The fourth-order valence-corrected chi connectivity index (χ4v) is 2.47. The van der Waals surface area contributed by atoms with Crippen LogP contribution >= 0.6 is 0 Å². The Morgan fingerprint density at radius 2 is 1.70 bits per heavy atom. The number of esters is 1. The van der Waals surface area contributed by atoms with Crippen molar-refractivity contribution in [2.24, 2.45) is 5.73 Å². The average molecular weight is 313 g/mol. The molecule has 2 aromatic carbocycles. The molecule has 122 valence electrons. The fourth-order valence-electron chi connectivity index (χ4n) is 2.47. The average Bonchev–Trinajstić information content (AvgIpc) is 2.56. The van der Waals surface area contributed by atoms with Crippen LogP contribution in [0.5, 0.6) is 0 Å². The van der Waals surface area contributed by atoms with Crippen LogP contribution in [0.4, 0.5) is 0 Å². The first-order valence-electron chi connectivity index (χ1n) is 7.84. The van der Waals surface area contributed by atoms with Gasteiger partial charge in [0.25, 0.3) is 0 Å². The molecule has 0 bridgehead atoms. The van der Waals surface area contributed by atoms with Gasteiger partial charge in [-0.1, -0.05) is 54.6 Å². The summed E-state index contributed by atoms with van der Waals surface area (Å²) < 4.78 is 4.77. The van der Waals surface area contributed by atoms with Gasteiger partial charge in [0.2, 0.25) is 0 Å². The second kappa shape index (κ2) is 8.46. The van der Waals surface area contributed by atoms with Gasteiger partial charge in [-0.3, -0.25) is 0 Å². The predicted molar refractivity (Wildman–Crippen MR) is 90.8 cm³/mol. The molecule has 2 rings (SSSR count).